The van der Waals surface area contributed by atoms with Crippen molar-refractivity contribution >= 4 is 16.9 Å². The van der Waals surface area contributed by atoms with E-state index in [2.05, 4.69) is 0 Å². The van der Waals surface area contributed by atoms with Crippen LogP contribution in [-0.2, 0) is 11.2 Å². The molecule has 0 saturated carbocycles. The molecule has 1 heterocycles. The molecule has 1 aromatic heterocycles. The number of fused-ring (bicyclic) bond motifs is 1. The zero-order chi connectivity index (χ0) is 14.3. The summed E-state index contributed by atoms with van der Waals surface area (Å²) in [6.07, 6.45) is -0.658. The number of aliphatic carboxylic acids is 1. The van der Waals surface area contributed by atoms with Crippen LogP contribution in [0, 0.1) is 17.6 Å². The highest BCUT2D eigenvalue weighted by Gasteiger charge is 2.25. The second-order valence-electron chi connectivity index (χ2n) is 3.95. The van der Waals surface area contributed by atoms with Gasteiger partial charge in [-0.05, 0) is 12.1 Å². The van der Waals surface area contributed by atoms with E-state index in [1.165, 1.54) is 0 Å². The van der Waals surface area contributed by atoms with Crippen molar-refractivity contribution in [2.75, 3.05) is 0 Å². The fourth-order valence-corrected chi connectivity index (χ4v) is 1.81. The normalized spacial score (nSPS) is 12.9. The van der Waals surface area contributed by atoms with E-state index in [9.17, 15) is 22.4 Å². The summed E-state index contributed by atoms with van der Waals surface area (Å²) >= 11 is 0. The first-order valence-corrected chi connectivity index (χ1v) is 5.16. The molecule has 2 aromatic rings. The molecule has 2 rings (SSSR count). The molecular formula is C11H8F4N2O2. The van der Waals surface area contributed by atoms with Crippen molar-refractivity contribution in [2.24, 2.45) is 5.73 Å². The summed E-state index contributed by atoms with van der Waals surface area (Å²) in [6, 6.07) is -0.0523. The number of hydrogen-bond donors (Lipinski definition) is 2. The number of carboxylic acid groups (broad SMARTS) is 1. The average Bonchev–Trinajstić information content (AvgIpc) is 2.59. The molecule has 0 aliphatic carbocycles. The van der Waals surface area contributed by atoms with Crippen LogP contribution in [0.5, 0.6) is 0 Å². The number of halogens is 4. The van der Waals surface area contributed by atoms with Gasteiger partial charge in [0, 0.05) is 17.4 Å². The number of nitrogens with zero attached hydrogens (tertiary/aromatic N) is 1. The van der Waals surface area contributed by atoms with Crippen LogP contribution in [0.4, 0.5) is 17.7 Å². The van der Waals surface area contributed by atoms with E-state index in [1.54, 1.807) is 0 Å². The molecule has 1 unspecified atom stereocenters. The lowest BCUT2D eigenvalue weighted by molar-refractivity contribution is -0.138. The minimum atomic E-state index is -1.55. The van der Waals surface area contributed by atoms with Crippen molar-refractivity contribution in [2.45, 2.75) is 12.5 Å². The first kappa shape index (κ1) is 13.3. The molecule has 102 valence electrons. The molecule has 1 atom stereocenters. The van der Waals surface area contributed by atoms with Crippen molar-refractivity contribution in [3.63, 3.8) is 0 Å². The Morgan fingerprint density at radius 3 is 2.58 bits per heavy atom. The van der Waals surface area contributed by atoms with Gasteiger partial charge in [-0.2, -0.15) is 9.18 Å². The van der Waals surface area contributed by atoms with E-state index >= 15 is 0 Å². The van der Waals surface area contributed by atoms with Crippen LogP contribution in [-0.4, -0.2) is 21.9 Å². The first-order chi connectivity index (χ1) is 8.84. The fourth-order valence-electron chi connectivity index (χ4n) is 1.81. The molecule has 1 aromatic carbocycles. The summed E-state index contributed by atoms with van der Waals surface area (Å²) in [5.74, 6) is -5.68. The van der Waals surface area contributed by atoms with E-state index in [-0.39, 0.29) is 0 Å². The maximum absolute atomic E-state index is 13.6. The second kappa shape index (κ2) is 4.54. The van der Waals surface area contributed by atoms with Gasteiger partial charge in [0.15, 0.2) is 11.6 Å². The van der Waals surface area contributed by atoms with Crippen molar-refractivity contribution in [1.82, 2.24) is 4.79 Å². The topological polar surface area (TPSA) is 68.2 Å². The molecule has 19 heavy (non-hydrogen) atoms. The summed E-state index contributed by atoms with van der Waals surface area (Å²) in [5, 5.41) is 7.98. The lowest BCUT2D eigenvalue weighted by Gasteiger charge is -2.05. The molecule has 4 nitrogen and oxygen atoms in total. The van der Waals surface area contributed by atoms with Gasteiger partial charge in [-0.1, -0.05) is 4.48 Å². The van der Waals surface area contributed by atoms with E-state index < -0.39 is 57.3 Å². The van der Waals surface area contributed by atoms with Gasteiger partial charge in [0.2, 0.25) is 5.95 Å². The number of carboxylic acids is 1. The highest BCUT2D eigenvalue weighted by molar-refractivity contribution is 5.86. The minimum Gasteiger partial charge on any atom is -0.480 e. The number of rotatable bonds is 3. The Morgan fingerprint density at radius 2 is 2.00 bits per heavy atom. The molecule has 0 aliphatic heterocycles. The summed E-state index contributed by atoms with van der Waals surface area (Å²) in [5.41, 5.74) is 4.06. The van der Waals surface area contributed by atoms with Crippen molar-refractivity contribution < 1.29 is 27.6 Å². The molecule has 0 radical (unpaired) electrons. The Labute approximate surface area is 104 Å². The van der Waals surface area contributed by atoms with Crippen molar-refractivity contribution in [3.05, 3.63) is 35.3 Å². The molecule has 0 fully saturated rings. The second-order valence-corrected chi connectivity index (χ2v) is 3.95. The lowest BCUT2D eigenvalue weighted by atomic mass is 10.0. The van der Waals surface area contributed by atoms with Gasteiger partial charge in [0.25, 0.3) is 0 Å². The largest absolute Gasteiger partial charge is 0.480 e. The summed E-state index contributed by atoms with van der Waals surface area (Å²) < 4.78 is 53.7. The van der Waals surface area contributed by atoms with E-state index in [0.29, 0.717) is 6.07 Å². The van der Waals surface area contributed by atoms with Gasteiger partial charge < -0.3 is 10.8 Å². The van der Waals surface area contributed by atoms with Crippen molar-refractivity contribution in [1.29, 1.82) is 0 Å². The van der Waals surface area contributed by atoms with Gasteiger partial charge in [0.1, 0.15) is 6.04 Å². The SMILES string of the molecule is NC(Cc1c(F)n(F)c2ccc(F)c(F)c12)C(=O)O. The van der Waals surface area contributed by atoms with Gasteiger partial charge in [0.05, 0.1) is 5.52 Å². The minimum absolute atomic E-state index is 0.470. The molecule has 0 amide bonds. The van der Waals surface area contributed by atoms with Gasteiger partial charge in [-0.25, -0.2) is 8.78 Å². The average molecular weight is 276 g/mol. The number of aromatic nitrogens is 1. The van der Waals surface area contributed by atoms with E-state index in [0.717, 1.165) is 6.07 Å². The Balaban J connectivity index is 2.69. The molecule has 0 aliphatic rings. The third kappa shape index (κ3) is 2.03. The monoisotopic (exact) mass is 276 g/mol. The molecule has 0 bridgehead atoms. The number of carbonyl (C=O) groups is 1. The lowest BCUT2D eigenvalue weighted by Crippen LogP contribution is -2.32. The van der Waals surface area contributed by atoms with Crippen molar-refractivity contribution in [3.8, 4) is 0 Å². The molecule has 8 heteroatoms. The summed E-state index contributed by atoms with van der Waals surface area (Å²) in [6.45, 7) is 0. The predicted molar refractivity (Wildman–Crippen MR) is 57.6 cm³/mol. The quantitative estimate of drug-likeness (QED) is 0.839. The Bertz CT molecular complexity index is 668. The van der Waals surface area contributed by atoms with Crippen LogP contribution in [0.1, 0.15) is 5.56 Å². The van der Waals surface area contributed by atoms with E-state index in [4.69, 9.17) is 10.8 Å². The standard InChI is InChI=1S/C11H8F4N2O2/c12-5-1-2-7-8(9(5)13)4(10(14)17(7)15)3-6(16)11(18)19/h1-2,6H,3,16H2,(H,18,19). The van der Waals surface area contributed by atoms with Crippen LogP contribution in [0.25, 0.3) is 10.9 Å². The maximum Gasteiger partial charge on any atom is 0.320 e. The van der Waals surface area contributed by atoms with Crippen LogP contribution >= 0.6 is 0 Å². The van der Waals surface area contributed by atoms with Crippen LogP contribution in [0.2, 0.25) is 0 Å². The van der Waals surface area contributed by atoms with Gasteiger partial charge in [-0.15, -0.1) is 0 Å². The molecule has 3 N–H and O–H groups in total. The number of nitrogens with two attached hydrogens (primary N) is 1. The fraction of sp³-hybridized carbons (Fsp3) is 0.182. The highest BCUT2D eigenvalue weighted by atomic mass is 19.2. The number of hydrogen-bond acceptors (Lipinski definition) is 2. The Kier molecular flexibility index (Phi) is 3.19. The van der Waals surface area contributed by atoms with Gasteiger partial charge in [-0.3, -0.25) is 4.79 Å². The third-order valence-corrected chi connectivity index (χ3v) is 2.75. The third-order valence-electron chi connectivity index (χ3n) is 2.75. The Morgan fingerprint density at radius 1 is 1.37 bits per heavy atom. The van der Waals surface area contributed by atoms with Crippen LogP contribution in [0.15, 0.2) is 12.1 Å². The zero-order valence-corrected chi connectivity index (χ0v) is 9.33. The Hall–Kier alpha value is -2.09. The smallest absolute Gasteiger partial charge is 0.320 e. The molecule has 0 spiro atoms. The maximum atomic E-state index is 13.6. The van der Waals surface area contributed by atoms with Gasteiger partial charge >= 0.3 is 5.97 Å². The van der Waals surface area contributed by atoms with Crippen LogP contribution in [0.3, 0.4) is 0 Å². The summed E-state index contributed by atoms with van der Waals surface area (Å²) in [4.78, 5) is 10.1. The highest BCUT2D eigenvalue weighted by Crippen LogP contribution is 2.30. The van der Waals surface area contributed by atoms with Crippen LogP contribution < -0.4 is 5.73 Å². The predicted octanol–water partition coefficient (Wildman–Crippen LogP) is 1.75. The zero-order valence-electron chi connectivity index (χ0n) is 9.33. The first-order valence-electron chi connectivity index (χ1n) is 5.16. The van der Waals surface area contributed by atoms with E-state index in [1.807, 2.05) is 0 Å². The molecule has 0 saturated heterocycles. The molecular weight excluding hydrogens is 268 g/mol. The summed E-state index contributed by atoms with van der Waals surface area (Å²) in [7, 11) is 0. The number of benzene rings is 1.